The number of nitro benzene ring substituents is 1. The zero-order valence-corrected chi connectivity index (χ0v) is 14.9. The van der Waals surface area contributed by atoms with Crippen LogP contribution in [0.2, 0.25) is 0 Å². The van der Waals surface area contributed by atoms with E-state index in [4.69, 9.17) is 4.74 Å². The second-order valence-corrected chi connectivity index (χ2v) is 7.92. The second-order valence-electron chi connectivity index (χ2n) is 6.02. The number of morpholine rings is 1. The van der Waals surface area contributed by atoms with E-state index in [0.29, 0.717) is 19.7 Å². The molecular formula is C15H20N4O6S. The van der Waals surface area contributed by atoms with Gasteiger partial charge in [0, 0.05) is 45.3 Å². The first-order chi connectivity index (χ1) is 12.4. The van der Waals surface area contributed by atoms with Crippen LogP contribution in [0.3, 0.4) is 0 Å². The van der Waals surface area contributed by atoms with Gasteiger partial charge >= 0.3 is 0 Å². The van der Waals surface area contributed by atoms with Crippen LogP contribution < -0.4 is 5.32 Å². The number of rotatable bonds is 4. The minimum Gasteiger partial charge on any atom is -0.366 e. The molecule has 10 nitrogen and oxygen atoms in total. The van der Waals surface area contributed by atoms with Crippen LogP contribution in [-0.2, 0) is 19.6 Å². The van der Waals surface area contributed by atoms with E-state index in [0.717, 1.165) is 0 Å². The molecular weight excluding hydrogens is 364 g/mol. The number of piperazine rings is 1. The summed E-state index contributed by atoms with van der Waals surface area (Å²) in [5.41, 5.74) is -0.451. The Morgan fingerprint density at radius 2 is 1.92 bits per heavy atom. The van der Waals surface area contributed by atoms with Crippen molar-refractivity contribution in [3.63, 3.8) is 0 Å². The van der Waals surface area contributed by atoms with Crippen LogP contribution in [0.15, 0.2) is 29.2 Å². The number of carbonyl (C=O) groups excluding carboxylic acids is 1. The van der Waals surface area contributed by atoms with Gasteiger partial charge < -0.3 is 15.0 Å². The van der Waals surface area contributed by atoms with Gasteiger partial charge in [-0.15, -0.1) is 0 Å². The Hall–Kier alpha value is -2.08. The first kappa shape index (κ1) is 18.7. The zero-order chi connectivity index (χ0) is 18.7. The molecule has 0 spiro atoms. The highest BCUT2D eigenvalue weighted by molar-refractivity contribution is 7.89. The smallest absolute Gasteiger partial charge is 0.289 e. The average molecular weight is 384 g/mol. The summed E-state index contributed by atoms with van der Waals surface area (Å²) in [6.07, 6.45) is -0.554. The van der Waals surface area contributed by atoms with E-state index in [9.17, 15) is 23.3 Å². The van der Waals surface area contributed by atoms with Crippen molar-refractivity contribution in [1.29, 1.82) is 0 Å². The topological polar surface area (TPSA) is 122 Å². The molecule has 1 amide bonds. The van der Waals surface area contributed by atoms with E-state index >= 15 is 0 Å². The van der Waals surface area contributed by atoms with Crippen molar-refractivity contribution in [2.24, 2.45) is 0 Å². The first-order valence-corrected chi connectivity index (χ1v) is 9.70. The van der Waals surface area contributed by atoms with E-state index in [1.165, 1.54) is 28.6 Å². The molecule has 1 aromatic carbocycles. The van der Waals surface area contributed by atoms with Gasteiger partial charge in [0.05, 0.1) is 11.5 Å². The summed E-state index contributed by atoms with van der Waals surface area (Å²) >= 11 is 0. The molecule has 2 aliphatic heterocycles. The molecule has 142 valence electrons. The van der Waals surface area contributed by atoms with Gasteiger partial charge in [-0.2, -0.15) is 4.31 Å². The van der Waals surface area contributed by atoms with E-state index in [2.05, 4.69) is 5.32 Å². The number of amides is 1. The molecule has 26 heavy (non-hydrogen) atoms. The number of sulfonamides is 1. The molecule has 0 saturated carbocycles. The number of benzene rings is 1. The SMILES string of the molecule is O=C(C1CNCCO1)N1CCN(S(=O)(=O)c2ccccc2[N+](=O)[O-])CC1. The highest BCUT2D eigenvalue weighted by Gasteiger charge is 2.36. The standard InChI is InChI=1S/C15H20N4O6S/c20-15(13-11-16-5-10-25-13)17-6-8-18(9-7-17)26(23,24)14-4-2-1-3-12(14)19(21)22/h1-4,13,16H,5-11H2. The van der Waals surface area contributed by atoms with Crippen molar-refractivity contribution in [1.82, 2.24) is 14.5 Å². The minimum atomic E-state index is -4.00. The van der Waals surface area contributed by atoms with E-state index in [1.807, 2.05) is 0 Å². The molecule has 11 heteroatoms. The highest BCUT2D eigenvalue weighted by Crippen LogP contribution is 2.27. The number of nitrogens with one attached hydrogen (secondary N) is 1. The number of hydrogen-bond acceptors (Lipinski definition) is 7. The Labute approximate surface area is 150 Å². The average Bonchev–Trinajstić information content (AvgIpc) is 2.68. The summed E-state index contributed by atoms with van der Waals surface area (Å²) in [6.45, 7) is 2.21. The number of nitrogens with zero attached hydrogens (tertiary/aromatic N) is 3. The first-order valence-electron chi connectivity index (χ1n) is 8.26. The predicted octanol–water partition coefficient (Wildman–Crippen LogP) is -0.584. The van der Waals surface area contributed by atoms with Crippen molar-refractivity contribution in [2.45, 2.75) is 11.0 Å². The summed E-state index contributed by atoms with van der Waals surface area (Å²) in [6, 6.07) is 5.27. The van der Waals surface area contributed by atoms with Crippen LogP contribution in [0.25, 0.3) is 0 Å². The fourth-order valence-electron chi connectivity index (χ4n) is 3.04. The second kappa shape index (κ2) is 7.66. The van der Waals surface area contributed by atoms with Crippen molar-refractivity contribution in [3.8, 4) is 0 Å². The van der Waals surface area contributed by atoms with Gasteiger partial charge in [-0.05, 0) is 6.07 Å². The molecule has 2 fully saturated rings. The van der Waals surface area contributed by atoms with Gasteiger partial charge in [0.1, 0.15) is 6.10 Å². The molecule has 0 bridgehead atoms. The number of carbonyl (C=O) groups is 1. The maximum absolute atomic E-state index is 12.8. The van der Waals surface area contributed by atoms with Crippen LogP contribution in [0, 0.1) is 10.1 Å². The lowest BCUT2D eigenvalue weighted by Crippen LogP contribution is -2.55. The number of nitro groups is 1. The van der Waals surface area contributed by atoms with E-state index < -0.39 is 26.7 Å². The molecule has 1 atom stereocenters. The fourth-order valence-corrected chi connectivity index (χ4v) is 4.62. The lowest BCUT2D eigenvalue weighted by Gasteiger charge is -2.36. The zero-order valence-electron chi connectivity index (χ0n) is 14.0. The molecule has 2 heterocycles. The van der Waals surface area contributed by atoms with E-state index in [-0.39, 0.29) is 37.0 Å². The summed E-state index contributed by atoms with van der Waals surface area (Å²) < 4.78 is 32.2. The van der Waals surface area contributed by atoms with Crippen LogP contribution in [0.1, 0.15) is 0 Å². The van der Waals surface area contributed by atoms with Crippen LogP contribution in [-0.4, -0.2) is 80.4 Å². The van der Waals surface area contributed by atoms with Crippen molar-refractivity contribution >= 4 is 21.6 Å². The third kappa shape index (κ3) is 3.70. The van der Waals surface area contributed by atoms with Crippen LogP contribution in [0.4, 0.5) is 5.69 Å². The van der Waals surface area contributed by atoms with Gasteiger partial charge in [0.2, 0.25) is 10.0 Å². The Bertz CT molecular complexity index is 785. The Kier molecular flexibility index (Phi) is 5.51. The predicted molar refractivity (Wildman–Crippen MR) is 91.0 cm³/mol. The largest absolute Gasteiger partial charge is 0.366 e. The highest BCUT2D eigenvalue weighted by atomic mass is 32.2. The summed E-state index contributed by atoms with van der Waals surface area (Å²) in [5, 5.41) is 14.2. The maximum Gasteiger partial charge on any atom is 0.289 e. The van der Waals surface area contributed by atoms with Crippen molar-refractivity contribution < 1.29 is 22.9 Å². The van der Waals surface area contributed by atoms with Crippen LogP contribution in [0.5, 0.6) is 0 Å². The Balaban J connectivity index is 1.69. The fraction of sp³-hybridized carbons (Fsp3) is 0.533. The van der Waals surface area contributed by atoms with Crippen molar-refractivity contribution in [3.05, 3.63) is 34.4 Å². The summed E-state index contributed by atoms with van der Waals surface area (Å²) in [4.78, 5) is 24.1. The molecule has 1 unspecified atom stereocenters. The lowest BCUT2D eigenvalue weighted by molar-refractivity contribution is -0.387. The monoisotopic (exact) mass is 384 g/mol. The summed E-state index contributed by atoms with van der Waals surface area (Å²) in [7, 11) is -4.00. The van der Waals surface area contributed by atoms with Gasteiger partial charge in [-0.3, -0.25) is 14.9 Å². The normalized spacial score (nSPS) is 22.2. The number of hydrogen-bond donors (Lipinski definition) is 1. The minimum absolute atomic E-state index is 0.0836. The molecule has 3 rings (SSSR count). The van der Waals surface area contributed by atoms with Gasteiger partial charge in [0.15, 0.2) is 4.90 Å². The lowest BCUT2D eigenvalue weighted by atomic mass is 10.2. The Morgan fingerprint density at radius 3 is 2.54 bits per heavy atom. The number of para-hydroxylation sites is 1. The molecule has 1 N–H and O–H groups in total. The van der Waals surface area contributed by atoms with Crippen molar-refractivity contribution in [2.75, 3.05) is 45.9 Å². The third-order valence-electron chi connectivity index (χ3n) is 4.43. The number of ether oxygens (including phenoxy) is 1. The molecule has 0 aromatic heterocycles. The molecule has 0 radical (unpaired) electrons. The summed E-state index contributed by atoms with van der Waals surface area (Å²) in [5.74, 6) is -0.167. The molecule has 2 saturated heterocycles. The van der Waals surface area contributed by atoms with Gasteiger partial charge in [-0.25, -0.2) is 8.42 Å². The molecule has 2 aliphatic rings. The quantitative estimate of drug-likeness (QED) is 0.544. The molecule has 1 aromatic rings. The van der Waals surface area contributed by atoms with Crippen LogP contribution >= 0.6 is 0 Å². The maximum atomic E-state index is 12.8. The van der Waals surface area contributed by atoms with E-state index in [1.54, 1.807) is 4.90 Å². The molecule has 0 aliphatic carbocycles. The van der Waals surface area contributed by atoms with Gasteiger partial charge in [-0.1, -0.05) is 12.1 Å². The van der Waals surface area contributed by atoms with Gasteiger partial charge in [0.25, 0.3) is 11.6 Å². The Morgan fingerprint density at radius 1 is 1.23 bits per heavy atom. The third-order valence-corrected chi connectivity index (χ3v) is 6.38.